The first-order valence-corrected chi connectivity index (χ1v) is 5.06. The molecule has 0 aromatic carbocycles. The van der Waals surface area contributed by atoms with Gasteiger partial charge in [0.2, 0.25) is 5.78 Å². The van der Waals surface area contributed by atoms with E-state index in [1.54, 1.807) is 21.0 Å². The van der Waals surface area contributed by atoms with Crippen molar-refractivity contribution >= 4 is 56.9 Å². The lowest BCUT2D eigenvalue weighted by Crippen LogP contribution is -2.37. The van der Waals surface area contributed by atoms with Crippen LogP contribution in [-0.2, 0) is 9.59 Å². The summed E-state index contributed by atoms with van der Waals surface area (Å²) in [5.41, 5.74) is 0. The average Bonchev–Trinajstić information content (AvgIpc) is 1.82. The molecule has 11 heavy (non-hydrogen) atoms. The minimum absolute atomic E-state index is 0.372. The largest absolute Gasteiger partial charge is 0.342 e. The Morgan fingerprint density at radius 1 is 1.27 bits per heavy atom. The highest BCUT2D eigenvalue weighted by Crippen LogP contribution is 2.27. The minimum Gasteiger partial charge on any atom is -0.342 e. The van der Waals surface area contributed by atoms with Crippen LogP contribution in [0.1, 0.15) is 6.92 Å². The topological polar surface area (TPSA) is 37.4 Å². The number of likely N-dealkylation sites (N-methyl/N-ethyl adjacent to an activating group) is 1. The van der Waals surface area contributed by atoms with E-state index >= 15 is 0 Å². The SMILES string of the molecule is CN(C)C(=O)C(=O)C(C)(I)I. The van der Waals surface area contributed by atoms with Crippen molar-refractivity contribution in [3.63, 3.8) is 0 Å². The molecule has 0 aliphatic heterocycles. The molecule has 0 bridgehead atoms. The second kappa shape index (κ2) is 4.01. The van der Waals surface area contributed by atoms with Gasteiger partial charge in [-0.05, 0) is 6.92 Å². The summed E-state index contributed by atoms with van der Waals surface area (Å²) in [5, 5.41) is 0. The highest BCUT2D eigenvalue weighted by Gasteiger charge is 2.32. The van der Waals surface area contributed by atoms with Crippen LogP contribution >= 0.6 is 45.2 Å². The van der Waals surface area contributed by atoms with Crippen LogP contribution in [0.15, 0.2) is 0 Å². The number of ketones is 1. The molecule has 0 aromatic rings. The molecule has 0 radical (unpaired) electrons. The lowest BCUT2D eigenvalue weighted by molar-refractivity contribution is -0.142. The number of Topliss-reactive ketones (excluding diaryl/α,β-unsaturated/α-hetero) is 1. The molecule has 0 N–H and O–H groups in total. The Morgan fingerprint density at radius 3 is 1.73 bits per heavy atom. The maximum Gasteiger partial charge on any atom is 0.291 e. The maximum atomic E-state index is 11.2. The standard InChI is InChI=1S/C6H9I2NO2/c1-6(7,8)4(10)5(11)9(2)3/h1-3H3. The third-order valence-corrected chi connectivity index (χ3v) is 1.98. The summed E-state index contributed by atoms with van der Waals surface area (Å²) in [6.45, 7) is 1.71. The number of halogens is 2. The average molecular weight is 381 g/mol. The first-order chi connectivity index (χ1) is 4.76. The quantitative estimate of drug-likeness (QED) is 0.410. The van der Waals surface area contributed by atoms with E-state index in [0.717, 1.165) is 0 Å². The van der Waals surface area contributed by atoms with E-state index in [1.807, 2.05) is 45.2 Å². The second-order valence-corrected chi connectivity index (χ2v) is 8.80. The number of nitrogens with zero attached hydrogens (tertiary/aromatic N) is 1. The first kappa shape index (κ1) is 11.6. The van der Waals surface area contributed by atoms with Crippen LogP contribution in [0.25, 0.3) is 0 Å². The fourth-order valence-corrected chi connectivity index (χ4v) is 0.852. The zero-order valence-electron chi connectivity index (χ0n) is 6.52. The molecule has 5 heteroatoms. The van der Waals surface area contributed by atoms with E-state index in [4.69, 9.17) is 0 Å². The number of carbonyl (C=O) groups is 2. The summed E-state index contributed by atoms with van der Waals surface area (Å²) in [7, 11) is 3.14. The van der Waals surface area contributed by atoms with Crippen LogP contribution in [0.3, 0.4) is 0 Å². The molecule has 0 aliphatic rings. The Hall–Kier alpha value is 0.600. The van der Waals surface area contributed by atoms with Gasteiger partial charge in [-0.15, -0.1) is 0 Å². The summed E-state index contributed by atoms with van der Waals surface area (Å²) in [4.78, 5) is 23.5. The van der Waals surface area contributed by atoms with Crippen LogP contribution in [0.5, 0.6) is 0 Å². The van der Waals surface area contributed by atoms with Crippen molar-refractivity contribution in [2.24, 2.45) is 0 Å². The van der Waals surface area contributed by atoms with Crippen molar-refractivity contribution in [2.45, 2.75) is 8.35 Å². The number of amides is 1. The van der Waals surface area contributed by atoms with E-state index in [-0.39, 0.29) is 5.78 Å². The highest BCUT2D eigenvalue weighted by atomic mass is 127. The minimum atomic E-state index is -0.628. The molecule has 0 spiro atoms. The molecule has 3 nitrogen and oxygen atoms in total. The third kappa shape index (κ3) is 3.68. The Labute approximate surface area is 93.2 Å². The summed E-state index contributed by atoms with van der Waals surface area (Å²) >= 11 is 3.88. The summed E-state index contributed by atoms with van der Waals surface area (Å²) < 4.78 is -0.628. The maximum absolute atomic E-state index is 11.2. The van der Waals surface area contributed by atoms with Crippen LogP contribution < -0.4 is 0 Å². The second-order valence-electron chi connectivity index (χ2n) is 2.42. The molecule has 0 aliphatic carbocycles. The normalized spacial score (nSPS) is 11.0. The van der Waals surface area contributed by atoms with E-state index in [2.05, 4.69) is 0 Å². The lowest BCUT2D eigenvalue weighted by atomic mass is 10.3. The van der Waals surface area contributed by atoms with Gasteiger partial charge in [0, 0.05) is 14.1 Å². The van der Waals surface area contributed by atoms with Gasteiger partial charge < -0.3 is 4.90 Å². The summed E-state index contributed by atoms with van der Waals surface area (Å²) in [5.74, 6) is -0.819. The molecular formula is C6H9I2NO2. The molecule has 0 fully saturated rings. The van der Waals surface area contributed by atoms with E-state index in [1.165, 1.54) is 4.90 Å². The van der Waals surface area contributed by atoms with Gasteiger partial charge in [-0.25, -0.2) is 0 Å². The summed E-state index contributed by atoms with van der Waals surface area (Å²) in [6, 6.07) is 0. The fourth-order valence-electron chi connectivity index (χ4n) is 0.391. The molecule has 0 atom stereocenters. The Morgan fingerprint density at radius 2 is 1.64 bits per heavy atom. The van der Waals surface area contributed by atoms with Gasteiger partial charge in [0.05, 0.1) is 0 Å². The predicted octanol–water partition coefficient (Wildman–Crippen LogP) is 1.23. The molecule has 0 rings (SSSR count). The number of rotatable bonds is 2. The fraction of sp³-hybridized carbons (Fsp3) is 0.667. The van der Waals surface area contributed by atoms with Crippen molar-refractivity contribution in [1.82, 2.24) is 4.90 Å². The number of alkyl halides is 2. The van der Waals surface area contributed by atoms with Gasteiger partial charge >= 0.3 is 0 Å². The molecule has 0 aromatic heterocycles. The van der Waals surface area contributed by atoms with Crippen LogP contribution in [0, 0.1) is 0 Å². The van der Waals surface area contributed by atoms with Gasteiger partial charge in [-0.1, -0.05) is 45.2 Å². The number of carbonyl (C=O) groups excluding carboxylic acids is 2. The van der Waals surface area contributed by atoms with E-state index in [9.17, 15) is 9.59 Å². The highest BCUT2D eigenvalue weighted by molar-refractivity contribution is 14.2. The van der Waals surface area contributed by atoms with Crippen molar-refractivity contribution in [3.05, 3.63) is 0 Å². The molecule has 0 saturated heterocycles. The van der Waals surface area contributed by atoms with Gasteiger partial charge in [-0.3, -0.25) is 9.59 Å². The van der Waals surface area contributed by atoms with E-state index < -0.39 is 7.34 Å². The van der Waals surface area contributed by atoms with Crippen molar-refractivity contribution in [1.29, 1.82) is 0 Å². The van der Waals surface area contributed by atoms with Crippen LogP contribution in [-0.4, -0.2) is 32.1 Å². The zero-order chi connectivity index (χ0) is 9.23. The van der Waals surface area contributed by atoms with Crippen molar-refractivity contribution < 1.29 is 9.59 Å². The molecular weight excluding hydrogens is 372 g/mol. The van der Waals surface area contributed by atoms with Gasteiger partial charge in [0.1, 0.15) is 1.43 Å². The Balaban J connectivity index is 4.40. The zero-order valence-corrected chi connectivity index (χ0v) is 10.8. The van der Waals surface area contributed by atoms with Crippen molar-refractivity contribution in [2.75, 3.05) is 14.1 Å². The van der Waals surface area contributed by atoms with Gasteiger partial charge in [0.15, 0.2) is 0 Å². The third-order valence-electron chi connectivity index (χ3n) is 0.999. The number of hydrogen-bond donors (Lipinski definition) is 0. The Bertz CT molecular complexity index is 184. The van der Waals surface area contributed by atoms with Gasteiger partial charge in [0.25, 0.3) is 5.91 Å². The smallest absolute Gasteiger partial charge is 0.291 e. The molecule has 64 valence electrons. The molecule has 0 heterocycles. The Kier molecular flexibility index (Phi) is 4.23. The summed E-state index contributed by atoms with van der Waals surface area (Å²) in [6.07, 6.45) is 0. The van der Waals surface area contributed by atoms with Crippen molar-refractivity contribution in [3.8, 4) is 0 Å². The van der Waals surface area contributed by atoms with Gasteiger partial charge in [-0.2, -0.15) is 0 Å². The first-order valence-electron chi connectivity index (χ1n) is 2.90. The molecule has 0 saturated carbocycles. The monoisotopic (exact) mass is 381 g/mol. The van der Waals surface area contributed by atoms with Crippen LogP contribution in [0.4, 0.5) is 0 Å². The molecule has 1 amide bonds. The number of hydrogen-bond acceptors (Lipinski definition) is 2. The van der Waals surface area contributed by atoms with E-state index in [0.29, 0.717) is 0 Å². The predicted molar refractivity (Wildman–Crippen MR) is 60.1 cm³/mol. The van der Waals surface area contributed by atoms with Crippen LogP contribution in [0.2, 0.25) is 0 Å². The molecule has 0 unspecified atom stereocenters. The lowest BCUT2D eigenvalue weighted by Gasteiger charge is -2.15.